The second-order valence-electron chi connectivity index (χ2n) is 3.05. The monoisotopic (exact) mass is 332 g/mol. The fourth-order valence-electron chi connectivity index (χ4n) is 1.03. The molecule has 0 aromatic rings. The lowest BCUT2D eigenvalue weighted by molar-refractivity contribution is -0.322. The smallest absolute Gasteiger partial charge is 0.448 e. The Morgan fingerprint density at radius 3 is 2.44 bits per heavy atom. The molecule has 0 radical (unpaired) electrons. The normalized spacial score (nSPS) is 23.1. The van der Waals surface area contributed by atoms with Gasteiger partial charge in [-0.1, -0.05) is 28.1 Å². The van der Waals surface area contributed by atoms with Crippen molar-refractivity contribution in [2.24, 2.45) is 0 Å². The van der Waals surface area contributed by atoms with Crippen molar-refractivity contribution in [1.82, 2.24) is 0 Å². The van der Waals surface area contributed by atoms with Gasteiger partial charge in [-0.2, -0.15) is 13.2 Å². The second kappa shape index (κ2) is 7.45. The van der Waals surface area contributed by atoms with Crippen molar-refractivity contribution >= 4 is 15.9 Å². The third kappa shape index (κ3) is 4.72. The molecule has 0 aromatic carbocycles. The summed E-state index contributed by atoms with van der Waals surface area (Å²) in [5, 5.41) is 0. The first-order chi connectivity index (χ1) is 8.36. The summed E-state index contributed by atoms with van der Waals surface area (Å²) >= 11 is 3.14. The van der Waals surface area contributed by atoms with Gasteiger partial charge in [0.05, 0.1) is 7.18 Å². The highest BCUT2D eigenvalue weighted by Crippen LogP contribution is 2.35. The van der Waals surface area contributed by atoms with Crippen LogP contribution in [0.5, 0.6) is 0 Å². The molecule has 0 aromatic heterocycles. The number of allylic oxidation sites excluding steroid dienone is 5. The van der Waals surface area contributed by atoms with Crippen LogP contribution < -0.4 is 0 Å². The molecule has 0 saturated heterocycles. The average Bonchev–Trinajstić information content (AvgIpc) is 2.28. The molecule has 0 N–H and O–H groups in total. The lowest BCUT2D eigenvalue weighted by Crippen LogP contribution is -2.38. The van der Waals surface area contributed by atoms with Gasteiger partial charge in [0.15, 0.2) is 5.76 Å². The van der Waals surface area contributed by atoms with Crippen LogP contribution in [-0.4, -0.2) is 19.6 Å². The standard InChI is InChI=1S/C10H10BrF3O2.CH3F/c1-3-4-7(11)5-8-6(2)16-10(13,14)9(12)15-8;1-2/h3-5,9H,1-2H3;1H3/b4-3-,7-5+;. The quantitative estimate of drug-likeness (QED) is 0.543. The molecule has 1 unspecified atom stereocenters. The third-order valence-corrected chi connectivity index (χ3v) is 2.22. The summed E-state index contributed by atoms with van der Waals surface area (Å²) in [5.41, 5.74) is 0. The van der Waals surface area contributed by atoms with E-state index in [2.05, 4.69) is 25.4 Å². The number of ether oxygens (including phenoxy) is 2. The Labute approximate surface area is 111 Å². The lowest BCUT2D eigenvalue weighted by Gasteiger charge is -2.28. The molecule has 1 atom stereocenters. The zero-order valence-corrected chi connectivity index (χ0v) is 11.6. The maximum absolute atomic E-state index is 12.8. The molecule has 1 rings (SSSR count). The van der Waals surface area contributed by atoms with Crippen LogP contribution in [0, 0.1) is 0 Å². The molecule has 18 heavy (non-hydrogen) atoms. The van der Waals surface area contributed by atoms with Crippen molar-refractivity contribution in [1.29, 1.82) is 0 Å². The first-order valence-electron chi connectivity index (χ1n) is 4.83. The average molecular weight is 333 g/mol. The lowest BCUT2D eigenvalue weighted by atomic mass is 10.3. The van der Waals surface area contributed by atoms with Crippen LogP contribution in [0.15, 0.2) is 34.2 Å². The number of alkyl halides is 4. The predicted molar refractivity (Wildman–Crippen MR) is 63.6 cm³/mol. The van der Waals surface area contributed by atoms with Crippen molar-refractivity contribution in [2.45, 2.75) is 26.3 Å². The summed E-state index contributed by atoms with van der Waals surface area (Å²) in [5.74, 6) is -0.233. The molecular weight excluding hydrogens is 320 g/mol. The third-order valence-electron chi connectivity index (χ3n) is 1.73. The number of halogens is 5. The van der Waals surface area contributed by atoms with E-state index in [9.17, 15) is 17.6 Å². The Balaban J connectivity index is 0.00000137. The summed E-state index contributed by atoms with van der Waals surface area (Å²) < 4.78 is 56.9. The molecule has 1 heterocycles. The van der Waals surface area contributed by atoms with Gasteiger partial charge in [-0.05, 0) is 19.9 Å². The van der Waals surface area contributed by atoms with E-state index in [4.69, 9.17) is 0 Å². The zero-order chi connectivity index (χ0) is 14.3. The fourth-order valence-corrected chi connectivity index (χ4v) is 1.50. The van der Waals surface area contributed by atoms with Gasteiger partial charge in [0, 0.05) is 4.48 Å². The Bertz CT molecular complexity index is 364. The van der Waals surface area contributed by atoms with Crippen molar-refractivity contribution in [3.8, 4) is 0 Å². The Morgan fingerprint density at radius 1 is 1.39 bits per heavy atom. The first kappa shape index (κ1) is 17.0. The van der Waals surface area contributed by atoms with E-state index in [1.54, 1.807) is 19.1 Å². The van der Waals surface area contributed by atoms with Crippen molar-refractivity contribution < 1.29 is 27.0 Å². The molecule has 0 aliphatic carbocycles. The van der Waals surface area contributed by atoms with Crippen LogP contribution in [0.3, 0.4) is 0 Å². The maximum atomic E-state index is 12.8. The molecule has 0 saturated carbocycles. The van der Waals surface area contributed by atoms with Crippen LogP contribution in [-0.2, 0) is 9.47 Å². The van der Waals surface area contributed by atoms with Gasteiger partial charge in [-0.3, -0.25) is 4.39 Å². The molecule has 0 fully saturated rings. The molecule has 1 aliphatic heterocycles. The summed E-state index contributed by atoms with van der Waals surface area (Å²) in [7, 11) is 0.500. The van der Waals surface area contributed by atoms with Crippen molar-refractivity contribution in [3.63, 3.8) is 0 Å². The van der Waals surface area contributed by atoms with E-state index in [0.717, 1.165) is 0 Å². The Morgan fingerprint density at radius 2 is 1.94 bits per heavy atom. The number of rotatable bonds is 2. The van der Waals surface area contributed by atoms with Crippen molar-refractivity contribution in [3.05, 3.63) is 34.2 Å². The second-order valence-corrected chi connectivity index (χ2v) is 3.96. The predicted octanol–water partition coefficient (Wildman–Crippen LogP) is 4.59. The summed E-state index contributed by atoms with van der Waals surface area (Å²) in [6.07, 6.45) is -2.00. The highest BCUT2D eigenvalue weighted by molar-refractivity contribution is 9.11. The molecule has 104 valence electrons. The van der Waals surface area contributed by atoms with E-state index in [1.165, 1.54) is 13.0 Å². The van der Waals surface area contributed by atoms with Gasteiger partial charge < -0.3 is 9.47 Å². The van der Waals surface area contributed by atoms with E-state index < -0.39 is 12.5 Å². The van der Waals surface area contributed by atoms with Gasteiger partial charge in [0.2, 0.25) is 0 Å². The molecule has 0 bridgehead atoms. The van der Waals surface area contributed by atoms with Crippen LogP contribution in [0.2, 0.25) is 0 Å². The zero-order valence-electron chi connectivity index (χ0n) is 10.0. The van der Waals surface area contributed by atoms with Gasteiger partial charge in [-0.15, -0.1) is 0 Å². The van der Waals surface area contributed by atoms with E-state index in [0.29, 0.717) is 11.7 Å². The topological polar surface area (TPSA) is 18.5 Å². The molecule has 2 nitrogen and oxygen atoms in total. The Hall–Kier alpha value is -0.980. The summed E-state index contributed by atoms with van der Waals surface area (Å²) in [4.78, 5) is 0. The molecule has 7 heteroatoms. The minimum Gasteiger partial charge on any atom is -0.448 e. The minimum absolute atomic E-state index is 0.0663. The Kier molecular flexibility index (Phi) is 7.05. The molecular formula is C11H13BrF4O2. The van der Waals surface area contributed by atoms with E-state index >= 15 is 0 Å². The van der Waals surface area contributed by atoms with Crippen molar-refractivity contribution in [2.75, 3.05) is 7.18 Å². The largest absolute Gasteiger partial charge is 0.467 e. The first-order valence-corrected chi connectivity index (χ1v) is 5.62. The van der Waals surface area contributed by atoms with E-state index in [-0.39, 0.29) is 11.5 Å². The van der Waals surface area contributed by atoms with Crippen LogP contribution in [0.1, 0.15) is 13.8 Å². The minimum atomic E-state index is -3.94. The van der Waals surface area contributed by atoms with Gasteiger partial charge in [0.25, 0.3) is 0 Å². The van der Waals surface area contributed by atoms with E-state index in [1.807, 2.05) is 0 Å². The maximum Gasteiger partial charge on any atom is 0.467 e. The van der Waals surface area contributed by atoms with Crippen LogP contribution in [0.4, 0.5) is 17.6 Å². The fraction of sp³-hybridized carbons (Fsp3) is 0.455. The molecule has 1 aliphatic rings. The summed E-state index contributed by atoms with van der Waals surface area (Å²) in [6.45, 7) is 3.06. The van der Waals surface area contributed by atoms with Crippen LogP contribution in [0.25, 0.3) is 0 Å². The molecule has 0 spiro atoms. The van der Waals surface area contributed by atoms with Gasteiger partial charge in [-0.25, -0.2) is 0 Å². The summed E-state index contributed by atoms with van der Waals surface area (Å²) in [6, 6.07) is 0. The van der Waals surface area contributed by atoms with Gasteiger partial charge in [0.1, 0.15) is 5.76 Å². The molecule has 0 amide bonds. The number of hydrogen-bond donors (Lipinski definition) is 0. The van der Waals surface area contributed by atoms with Gasteiger partial charge >= 0.3 is 12.5 Å². The highest BCUT2D eigenvalue weighted by Gasteiger charge is 2.49. The highest BCUT2D eigenvalue weighted by atomic mass is 79.9. The van der Waals surface area contributed by atoms with Crippen LogP contribution >= 0.6 is 15.9 Å². The number of hydrogen-bond acceptors (Lipinski definition) is 2. The SMILES string of the molecule is C/C=C\C(Br)=C/C1=C(C)OC(F)(F)C(F)O1.CF.